The summed E-state index contributed by atoms with van der Waals surface area (Å²) >= 11 is 0. The Hall–Kier alpha value is -3.87. The second-order valence-electron chi connectivity index (χ2n) is 10.1. The van der Waals surface area contributed by atoms with Crippen LogP contribution in [0.25, 0.3) is 11.1 Å². The lowest BCUT2D eigenvalue weighted by atomic mass is 10.1. The van der Waals surface area contributed by atoms with Crippen molar-refractivity contribution in [3.63, 3.8) is 0 Å². The van der Waals surface area contributed by atoms with E-state index < -0.39 is 24.0 Å². The Kier molecular flexibility index (Phi) is 6.68. The Bertz CT molecular complexity index is 1860. The molecule has 0 aromatic heterocycles. The van der Waals surface area contributed by atoms with Gasteiger partial charge >= 0.3 is 0 Å². The van der Waals surface area contributed by atoms with E-state index in [4.69, 9.17) is 0 Å². The molecule has 0 amide bonds. The number of hydrogen-bond donors (Lipinski definition) is 1. The summed E-state index contributed by atoms with van der Waals surface area (Å²) < 4.78 is 31.1. The maximum absolute atomic E-state index is 15.8. The molecule has 1 aliphatic rings. The summed E-state index contributed by atoms with van der Waals surface area (Å²) in [6, 6.07) is 53.9. The van der Waals surface area contributed by atoms with Crippen LogP contribution in [-0.4, -0.2) is 0 Å². The van der Waals surface area contributed by atoms with E-state index in [1.54, 1.807) is 0 Å². The van der Waals surface area contributed by atoms with Crippen LogP contribution in [0.15, 0.2) is 174 Å². The molecular weight excluding hydrogens is 558 g/mol. The largest absolute Gasteiger partial charge is 0.309 e. The minimum atomic E-state index is -3.21. The number of fused-ring (bicyclic) bond motifs is 3. The van der Waals surface area contributed by atoms with Crippen LogP contribution in [0.1, 0.15) is 0 Å². The van der Waals surface area contributed by atoms with Crippen molar-refractivity contribution in [3.8, 4) is 11.1 Å². The highest BCUT2D eigenvalue weighted by atomic mass is 32.8. The van der Waals surface area contributed by atoms with Crippen LogP contribution in [-0.2, 0) is 9.13 Å². The molecule has 0 saturated heterocycles. The SMILES string of the molecule is O=P(c1ccccc1)(c1ccccc1)c1ccc2c(c1)[SH](P(=O)(c1ccccc1)c1ccccc1)c1ccccc1-2. The topological polar surface area (TPSA) is 34.1 Å². The smallest absolute Gasteiger partial charge is 0.184 e. The molecule has 2 nitrogen and oxygen atoms in total. The van der Waals surface area contributed by atoms with Gasteiger partial charge in [0.25, 0.3) is 0 Å². The zero-order valence-corrected chi connectivity index (χ0v) is 24.9. The van der Waals surface area contributed by atoms with Crippen LogP contribution in [0, 0.1) is 0 Å². The van der Waals surface area contributed by atoms with E-state index in [2.05, 4.69) is 24.3 Å². The third-order valence-electron chi connectivity index (χ3n) is 7.73. The summed E-state index contributed by atoms with van der Waals surface area (Å²) in [6.07, 6.45) is -3.18. The van der Waals surface area contributed by atoms with Gasteiger partial charge in [-0.2, -0.15) is 0 Å². The first-order valence-corrected chi connectivity index (χ1v) is 19.0. The van der Waals surface area contributed by atoms with E-state index >= 15 is 9.13 Å². The van der Waals surface area contributed by atoms with Crippen molar-refractivity contribution >= 4 is 50.5 Å². The first-order valence-electron chi connectivity index (χ1n) is 13.6. The Morgan fingerprint density at radius 1 is 0.366 bits per heavy atom. The van der Waals surface area contributed by atoms with Gasteiger partial charge in [0.05, 0.1) is 0 Å². The molecule has 1 heterocycles. The van der Waals surface area contributed by atoms with Crippen molar-refractivity contribution in [2.45, 2.75) is 9.79 Å². The minimum Gasteiger partial charge on any atom is -0.309 e. The quantitative estimate of drug-likeness (QED) is 0.161. The molecule has 200 valence electrons. The molecule has 5 heteroatoms. The van der Waals surface area contributed by atoms with Gasteiger partial charge in [0.2, 0.25) is 0 Å². The van der Waals surface area contributed by atoms with Gasteiger partial charge < -0.3 is 9.13 Å². The van der Waals surface area contributed by atoms with Crippen molar-refractivity contribution in [2.75, 3.05) is 0 Å². The molecule has 1 unspecified atom stereocenters. The van der Waals surface area contributed by atoms with Crippen molar-refractivity contribution in [1.82, 2.24) is 0 Å². The van der Waals surface area contributed by atoms with E-state index in [9.17, 15) is 0 Å². The highest BCUT2D eigenvalue weighted by Crippen LogP contribution is 2.79. The molecule has 1 atom stereocenters. The zero-order chi connectivity index (χ0) is 27.9. The van der Waals surface area contributed by atoms with Crippen molar-refractivity contribution < 1.29 is 9.13 Å². The molecule has 0 saturated carbocycles. The third kappa shape index (κ3) is 4.20. The van der Waals surface area contributed by atoms with Gasteiger partial charge in [0.15, 0.2) is 13.5 Å². The lowest BCUT2D eigenvalue weighted by Crippen LogP contribution is -2.25. The number of rotatable bonds is 6. The van der Waals surface area contributed by atoms with Gasteiger partial charge in [0.1, 0.15) is 0 Å². The molecular formula is C36H28O2P2S. The van der Waals surface area contributed by atoms with Gasteiger partial charge in [-0.1, -0.05) is 152 Å². The Labute approximate surface area is 243 Å². The van der Waals surface area contributed by atoms with Gasteiger partial charge in [0, 0.05) is 36.3 Å². The summed E-state index contributed by atoms with van der Waals surface area (Å²) in [6.45, 7) is 0. The summed E-state index contributed by atoms with van der Waals surface area (Å²) in [5.74, 6) is 0. The zero-order valence-electron chi connectivity index (χ0n) is 22.2. The molecule has 0 fully saturated rings. The van der Waals surface area contributed by atoms with Crippen LogP contribution in [0.2, 0.25) is 0 Å². The fourth-order valence-corrected chi connectivity index (χ4v) is 17.7. The molecule has 6 aromatic carbocycles. The van der Waals surface area contributed by atoms with Crippen LogP contribution < -0.4 is 26.5 Å². The predicted molar refractivity (Wildman–Crippen MR) is 177 cm³/mol. The minimum absolute atomic E-state index is 0.765. The van der Waals surface area contributed by atoms with E-state index in [1.165, 1.54) is 0 Å². The lowest BCUT2D eigenvalue weighted by molar-refractivity contribution is 0.592. The van der Waals surface area contributed by atoms with Crippen molar-refractivity contribution in [2.24, 2.45) is 0 Å². The summed E-state index contributed by atoms with van der Waals surface area (Å²) in [5.41, 5.74) is 2.19. The van der Waals surface area contributed by atoms with Crippen LogP contribution in [0.4, 0.5) is 0 Å². The lowest BCUT2D eigenvalue weighted by Gasteiger charge is -2.31. The third-order valence-corrected chi connectivity index (χ3v) is 19.4. The van der Waals surface area contributed by atoms with Gasteiger partial charge in [-0.05, 0) is 23.3 Å². The molecule has 41 heavy (non-hydrogen) atoms. The first-order chi connectivity index (χ1) is 20.1. The van der Waals surface area contributed by atoms with Gasteiger partial charge in [-0.25, -0.2) is 0 Å². The maximum Gasteiger partial charge on any atom is 0.184 e. The Morgan fingerprint density at radius 3 is 1.29 bits per heavy atom. The average Bonchev–Trinajstić information content (AvgIpc) is 3.40. The van der Waals surface area contributed by atoms with E-state index in [1.807, 2.05) is 140 Å². The van der Waals surface area contributed by atoms with Gasteiger partial charge in [-0.3, -0.25) is 0 Å². The van der Waals surface area contributed by atoms with Crippen molar-refractivity contribution in [1.29, 1.82) is 0 Å². The Balaban J connectivity index is 1.52. The van der Waals surface area contributed by atoms with Crippen LogP contribution >= 0.6 is 24.0 Å². The standard InChI is InChI=1S/C36H28O2P2S/c37-39(28-15-5-1-6-16-28,29-17-7-2-8-18-29)32-25-26-34-33-23-13-14-24-35(33)41(36(34)27-32)40(38,30-19-9-3-10-20-30)31-21-11-4-12-22-31/h1-27,41H. The average molecular weight is 587 g/mol. The fourth-order valence-electron chi connectivity index (χ4n) is 5.80. The number of benzene rings is 6. The number of thiol groups is 1. The fraction of sp³-hybridized carbons (Fsp3) is 0. The second-order valence-corrected chi connectivity index (χ2v) is 19.5. The first kappa shape index (κ1) is 26.1. The summed E-state index contributed by atoms with van der Waals surface area (Å²) in [7, 11) is -4.55. The van der Waals surface area contributed by atoms with E-state index in [0.717, 1.165) is 47.4 Å². The maximum atomic E-state index is 15.8. The Morgan fingerprint density at radius 2 is 0.780 bits per heavy atom. The van der Waals surface area contributed by atoms with E-state index in [0.29, 0.717) is 0 Å². The normalized spacial score (nSPS) is 15.2. The predicted octanol–water partition coefficient (Wildman–Crippen LogP) is 7.65. The molecule has 0 spiro atoms. The number of hydrogen-bond acceptors (Lipinski definition) is 2. The molecule has 0 bridgehead atoms. The molecule has 7 rings (SSSR count). The van der Waals surface area contributed by atoms with Crippen molar-refractivity contribution in [3.05, 3.63) is 164 Å². The second kappa shape index (κ2) is 10.5. The monoisotopic (exact) mass is 586 g/mol. The molecule has 0 N–H and O–H groups in total. The van der Waals surface area contributed by atoms with E-state index in [-0.39, 0.29) is 0 Å². The molecule has 6 aromatic rings. The van der Waals surface area contributed by atoms with Gasteiger partial charge in [-0.15, -0.1) is 10.5 Å². The molecule has 1 aliphatic heterocycles. The highest BCUT2D eigenvalue weighted by molar-refractivity contribution is 8.72. The molecule has 0 radical (unpaired) electrons. The highest BCUT2D eigenvalue weighted by Gasteiger charge is 2.42. The van der Waals surface area contributed by atoms with Crippen LogP contribution in [0.3, 0.4) is 0 Å². The molecule has 0 aliphatic carbocycles. The van der Waals surface area contributed by atoms with Crippen LogP contribution in [0.5, 0.6) is 0 Å². The summed E-state index contributed by atoms with van der Waals surface area (Å²) in [4.78, 5) is 2.14. The summed E-state index contributed by atoms with van der Waals surface area (Å²) in [5, 5.41) is 4.04.